The van der Waals surface area contributed by atoms with Gasteiger partial charge in [-0.25, -0.2) is 4.90 Å². The summed E-state index contributed by atoms with van der Waals surface area (Å²) in [6, 6.07) is 25.2. The number of nitrogens with zero attached hydrogens (tertiary/aromatic N) is 1. The second-order valence-corrected chi connectivity index (χ2v) is 6.90. The maximum atomic E-state index is 13.1. The molecular weight excluding hydrogens is 378 g/mol. The van der Waals surface area contributed by atoms with Crippen molar-refractivity contribution in [2.75, 3.05) is 12.0 Å². The minimum Gasteiger partial charge on any atom is -0.493 e. The van der Waals surface area contributed by atoms with E-state index in [1.54, 1.807) is 43.5 Å². The van der Waals surface area contributed by atoms with Gasteiger partial charge in [-0.2, -0.15) is 0 Å². The molecule has 2 amide bonds. The Morgan fingerprint density at radius 2 is 1.27 bits per heavy atom. The van der Waals surface area contributed by atoms with E-state index in [1.807, 2.05) is 48.5 Å². The summed E-state index contributed by atoms with van der Waals surface area (Å²) in [5.41, 5.74) is 1.54. The van der Waals surface area contributed by atoms with Gasteiger partial charge in [0.25, 0.3) is 11.8 Å². The summed E-state index contributed by atoms with van der Waals surface area (Å²) < 4.78 is 11.2. The highest BCUT2D eigenvalue weighted by Crippen LogP contribution is 2.35. The van der Waals surface area contributed by atoms with E-state index in [4.69, 9.17) is 9.47 Å². The van der Waals surface area contributed by atoms with Gasteiger partial charge >= 0.3 is 0 Å². The molecule has 1 aliphatic rings. The first-order valence-corrected chi connectivity index (χ1v) is 9.49. The number of amides is 2. The van der Waals surface area contributed by atoms with E-state index in [0.29, 0.717) is 39.4 Å². The molecule has 5 nitrogen and oxygen atoms in total. The molecule has 5 heteroatoms. The minimum atomic E-state index is -0.331. The van der Waals surface area contributed by atoms with Crippen molar-refractivity contribution >= 4 is 28.3 Å². The Labute approximate surface area is 173 Å². The monoisotopic (exact) mass is 395 g/mol. The Morgan fingerprint density at radius 3 is 1.87 bits per heavy atom. The van der Waals surface area contributed by atoms with Crippen LogP contribution in [0.5, 0.6) is 17.2 Å². The van der Waals surface area contributed by atoms with Gasteiger partial charge in [-0.3, -0.25) is 9.59 Å². The van der Waals surface area contributed by atoms with Crippen LogP contribution in [0.3, 0.4) is 0 Å². The fraction of sp³-hybridized carbons (Fsp3) is 0.0400. The summed E-state index contributed by atoms with van der Waals surface area (Å²) >= 11 is 0. The van der Waals surface area contributed by atoms with Crippen LogP contribution in [0.4, 0.5) is 5.69 Å². The van der Waals surface area contributed by atoms with Crippen LogP contribution in [0, 0.1) is 0 Å². The molecule has 0 saturated heterocycles. The van der Waals surface area contributed by atoms with Crippen molar-refractivity contribution in [3.63, 3.8) is 0 Å². The fourth-order valence-electron chi connectivity index (χ4n) is 3.76. The van der Waals surface area contributed by atoms with E-state index < -0.39 is 0 Å². The van der Waals surface area contributed by atoms with Crippen LogP contribution in [-0.2, 0) is 0 Å². The molecule has 146 valence electrons. The molecule has 5 rings (SSSR count). The molecule has 0 fully saturated rings. The molecule has 0 N–H and O–H groups in total. The number of hydrogen-bond donors (Lipinski definition) is 0. The van der Waals surface area contributed by atoms with Crippen molar-refractivity contribution in [3.05, 3.63) is 96.1 Å². The lowest BCUT2D eigenvalue weighted by molar-refractivity contribution is 0.0893. The number of imide groups is 1. The van der Waals surface area contributed by atoms with Crippen LogP contribution in [-0.4, -0.2) is 18.9 Å². The standard InChI is InChI=1S/C25H17NO4/c1-29-21-10-2-3-11-22(21)30-18-14-12-17(13-15-18)26-24(27)19-8-4-6-16-7-5-9-20(23(16)19)25(26)28/h2-15H,1H3. The highest BCUT2D eigenvalue weighted by molar-refractivity contribution is 6.35. The Morgan fingerprint density at radius 1 is 0.667 bits per heavy atom. The predicted molar refractivity (Wildman–Crippen MR) is 115 cm³/mol. The van der Waals surface area contributed by atoms with Crippen LogP contribution >= 0.6 is 0 Å². The van der Waals surface area contributed by atoms with Crippen molar-refractivity contribution in [2.24, 2.45) is 0 Å². The summed E-state index contributed by atoms with van der Waals surface area (Å²) in [5.74, 6) is 1.11. The Balaban J connectivity index is 1.49. The average molecular weight is 395 g/mol. The number of rotatable bonds is 4. The van der Waals surface area contributed by atoms with E-state index in [-0.39, 0.29) is 11.8 Å². The van der Waals surface area contributed by atoms with Crippen LogP contribution in [0.25, 0.3) is 10.8 Å². The largest absolute Gasteiger partial charge is 0.493 e. The summed E-state index contributed by atoms with van der Waals surface area (Å²) in [6.45, 7) is 0. The lowest BCUT2D eigenvalue weighted by atomic mass is 9.94. The third-order valence-corrected chi connectivity index (χ3v) is 5.16. The molecular formula is C25H17NO4. The predicted octanol–water partition coefficient (Wildman–Crippen LogP) is 5.44. The Bertz CT molecular complexity index is 1240. The number of hydrogen-bond acceptors (Lipinski definition) is 4. The average Bonchev–Trinajstić information content (AvgIpc) is 2.79. The molecule has 4 aromatic rings. The summed E-state index contributed by atoms with van der Waals surface area (Å²) in [7, 11) is 1.58. The molecule has 0 aliphatic carbocycles. The maximum absolute atomic E-state index is 13.1. The van der Waals surface area contributed by atoms with Gasteiger partial charge < -0.3 is 9.47 Å². The van der Waals surface area contributed by atoms with E-state index in [9.17, 15) is 9.59 Å². The molecule has 0 saturated carbocycles. The van der Waals surface area contributed by atoms with Gasteiger partial charge in [0, 0.05) is 16.5 Å². The zero-order chi connectivity index (χ0) is 20.7. The quantitative estimate of drug-likeness (QED) is 0.432. The first kappa shape index (κ1) is 17.9. The molecule has 1 aliphatic heterocycles. The Hall–Kier alpha value is -4.12. The van der Waals surface area contributed by atoms with Gasteiger partial charge in [-0.15, -0.1) is 0 Å². The van der Waals surface area contributed by atoms with Gasteiger partial charge in [-0.05, 0) is 53.9 Å². The number of para-hydroxylation sites is 2. The van der Waals surface area contributed by atoms with Crippen molar-refractivity contribution < 1.29 is 19.1 Å². The molecule has 0 radical (unpaired) electrons. The van der Waals surface area contributed by atoms with Crippen LogP contribution in [0.15, 0.2) is 84.9 Å². The number of carbonyl (C=O) groups excluding carboxylic acids is 2. The first-order chi connectivity index (χ1) is 14.7. The summed E-state index contributed by atoms with van der Waals surface area (Å²) in [6.07, 6.45) is 0. The summed E-state index contributed by atoms with van der Waals surface area (Å²) in [4.78, 5) is 27.5. The van der Waals surface area contributed by atoms with Crippen LogP contribution < -0.4 is 14.4 Å². The van der Waals surface area contributed by atoms with Crippen molar-refractivity contribution in [1.29, 1.82) is 0 Å². The van der Waals surface area contributed by atoms with Crippen molar-refractivity contribution in [2.45, 2.75) is 0 Å². The van der Waals surface area contributed by atoms with Gasteiger partial charge in [0.05, 0.1) is 12.8 Å². The van der Waals surface area contributed by atoms with E-state index in [1.165, 1.54) is 4.90 Å². The third kappa shape index (κ3) is 2.79. The molecule has 1 heterocycles. The topological polar surface area (TPSA) is 55.8 Å². The molecule has 0 bridgehead atoms. The second kappa shape index (κ2) is 7.04. The van der Waals surface area contributed by atoms with Gasteiger partial charge in [0.15, 0.2) is 11.5 Å². The van der Waals surface area contributed by atoms with Gasteiger partial charge in [0.1, 0.15) is 5.75 Å². The smallest absolute Gasteiger partial charge is 0.265 e. The highest BCUT2D eigenvalue weighted by Gasteiger charge is 2.33. The molecule has 30 heavy (non-hydrogen) atoms. The number of ether oxygens (including phenoxy) is 2. The number of benzene rings is 4. The number of anilines is 1. The van der Waals surface area contributed by atoms with Gasteiger partial charge in [0.2, 0.25) is 0 Å². The number of carbonyl (C=O) groups is 2. The Kier molecular flexibility index (Phi) is 4.21. The fourth-order valence-corrected chi connectivity index (χ4v) is 3.76. The van der Waals surface area contributed by atoms with Crippen molar-refractivity contribution in [3.8, 4) is 17.2 Å². The van der Waals surface area contributed by atoms with Crippen LogP contribution in [0.2, 0.25) is 0 Å². The second-order valence-electron chi connectivity index (χ2n) is 6.90. The number of methoxy groups -OCH3 is 1. The maximum Gasteiger partial charge on any atom is 0.265 e. The third-order valence-electron chi connectivity index (χ3n) is 5.16. The van der Waals surface area contributed by atoms with E-state index in [0.717, 1.165) is 5.39 Å². The first-order valence-electron chi connectivity index (χ1n) is 9.49. The molecule has 0 atom stereocenters. The highest BCUT2D eigenvalue weighted by atomic mass is 16.5. The normalized spacial score (nSPS) is 12.9. The van der Waals surface area contributed by atoms with Crippen LogP contribution in [0.1, 0.15) is 20.7 Å². The SMILES string of the molecule is COc1ccccc1Oc1ccc(N2C(=O)c3cccc4cccc(c34)C2=O)cc1. The zero-order valence-electron chi connectivity index (χ0n) is 16.2. The van der Waals surface area contributed by atoms with E-state index in [2.05, 4.69) is 0 Å². The lowest BCUT2D eigenvalue weighted by Gasteiger charge is -2.27. The molecule has 0 aromatic heterocycles. The zero-order valence-corrected chi connectivity index (χ0v) is 16.2. The molecule has 4 aromatic carbocycles. The molecule has 0 spiro atoms. The molecule has 0 unspecified atom stereocenters. The van der Waals surface area contributed by atoms with Gasteiger partial charge in [-0.1, -0.05) is 36.4 Å². The minimum absolute atomic E-state index is 0.331. The summed E-state index contributed by atoms with van der Waals surface area (Å²) in [5, 5.41) is 1.59. The van der Waals surface area contributed by atoms with Crippen molar-refractivity contribution in [1.82, 2.24) is 0 Å². The van der Waals surface area contributed by atoms with E-state index >= 15 is 0 Å². The lowest BCUT2D eigenvalue weighted by Crippen LogP contribution is -2.40.